The van der Waals surface area contributed by atoms with E-state index in [9.17, 15) is 13.2 Å². The fourth-order valence-electron chi connectivity index (χ4n) is 4.34. The lowest BCUT2D eigenvalue weighted by atomic mass is 9.95. The molecule has 5 heteroatoms. The van der Waals surface area contributed by atoms with E-state index in [1.165, 1.54) is 31.8 Å². The summed E-state index contributed by atoms with van der Waals surface area (Å²) >= 11 is 2.60. The summed E-state index contributed by atoms with van der Waals surface area (Å²) < 4.78 is 41.5. The van der Waals surface area contributed by atoms with Crippen LogP contribution in [0.25, 0.3) is 52.5 Å². The Morgan fingerprint density at radius 1 is 0.552 bits per heavy atom. The largest absolute Gasteiger partial charge is 0.425 e. The zero-order chi connectivity index (χ0) is 19.9. The fourth-order valence-corrected chi connectivity index (χ4v) is 6.23. The van der Waals surface area contributed by atoms with E-state index in [0.717, 1.165) is 32.9 Å². The third-order valence-corrected chi connectivity index (χ3v) is 7.75. The second-order valence-electron chi connectivity index (χ2n) is 7.34. The first-order valence-electron chi connectivity index (χ1n) is 9.18. The summed E-state index contributed by atoms with van der Waals surface area (Å²) in [6.45, 7) is 2.12. The lowest BCUT2D eigenvalue weighted by molar-refractivity contribution is -0.134. The number of alkyl halides is 3. The molecule has 2 aromatic heterocycles. The van der Waals surface area contributed by atoms with Gasteiger partial charge in [0.1, 0.15) is 4.88 Å². The molecule has 0 N–H and O–H groups in total. The Bertz CT molecular complexity index is 1600. The molecule has 6 aromatic rings. The van der Waals surface area contributed by atoms with Gasteiger partial charge in [0.25, 0.3) is 0 Å². The molecule has 0 radical (unpaired) electrons. The lowest BCUT2D eigenvalue weighted by Gasteiger charge is -2.09. The molecule has 0 unspecified atom stereocenters. The van der Waals surface area contributed by atoms with Crippen molar-refractivity contribution < 1.29 is 13.2 Å². The first-order chi connectivity index (χ1) is 13.9. The molecule has 0 nitrogen and oxygen atoms in total. The van der Waals surface area contributed by atoms with Crippen LogP contribution >= 0.6 is 22.7 Å². The van der Waals surface area contributed by atoms with Crippen LogP contribution in [0.4, 0.5) is 13.2 Å². The predicted octanol–water partition coefficient (Wildman–Crippen LogP) is 8.90. The summed E-state index contributed by atoms with van der Waals surface area (Å²) in [5.41, 5.74) is 0. The molecule has 4 aromatic carbocycles. The van der Waals surface area contributed by atoms with Crippen LogP contribution in [-0.4, -0.2) is 0 Å². The van der Waals surface area contributed by atoms with E-state index in [-0.39, 0.29) is 0 Å². The molecule has 0 atom stereocenters. The van der Waals surface area contributed by atoms with Gasteiger partial charge in [0, 0.05) is 25.0 Å². The van der Waals surface area contributed by atoms with E-state index >= 15 is 0 Å². The van der Waals surface area contributed by atoms with Gasteiger partial charge in [0.05, 0.1) is 0 Å². The third-order valence-electron chi connectivity index (χ3n) is 5.59. The number of hydrogen-bond acceptors (Lipinski definition) is 2. The van der Waals surface area contributed by atoms with Crippen LogP contribution in [-0.2, 0) is 6.18 Å². The van der Waals surface area contributed by atoms with Gasteiger partial charge in [-0.2, -0.15) is 13.2 Å². The monoisotopic (exact) mass is 422 g/mol. The number of hydrogen-bond donors (Lipinski definition) is 0. The maximum Gasteiger partial charge on any atom is 0.425 e. The topological polar surface area (TPSA) is 0 Å². The molecule has 29 heavy (non-hydrogen) atoms. The summed E-state index contributed by atoms with van der Waals surface area (Å²) in [5.74, 6) is 0. The van der Waals surface area contributed by atoms with E-state index in [1.807, 2.05) is 18.2 Å². The van der Waals surface area contributed by atoms with Crippen molar-refractivity contribution in [1.82, 2.24) is 0 Å². The standard InChI is InChI=1S/C24H13F3S2/c1-12-10-19-17-4-2-14-13(15(17)6-8-21(19)28-12)3-5-18-16(14)7-9-22-20(18)11-23(29-22)24(25,26)27/h2-11H,1H3. The molecule has 0 saturated carbocycles. The summed E-state index contributed by atoms with van der Waals surface area (Å²) in [6, 6.07) is 19.9. The number of aryl methyl sites for hydroxylation is 1. The molecular formula is C24H13F3S2. The Balaban J connectivity index is 1.72. The maximum atomic E-state index is 13.2. The number of benzene rings is 4. The fraction of sp³-hybridized carbons (Fsp3) is 0.0833. The number of thiophene rings is 2. The molecule has 142 valence electrons. The van der Waals surface area contributed by atoms with Crippen LogP contribution in [0.1, 0.15) is 9.75 Å². The lowest BCUT2D eigenvalue weighted by Crippen LogP contribution is -2.00. The third kappa shape index (κ3) is 2.44. The summed E-state index contributed by atoms with van der Waals surface area (Å²) in [5, 5.41) is 8.39. The quantitative estimate of drug-likeness (QED) is 0.214. The molecule has 2 heterocycles. The van der Waals surface area contributed by atoms with Crippen molar-refractivity contribution in [3.05, 3.63) is 70.4 Å². The van der Waals surface area contributed by atoms with E-state index in [2.05, 4.69) is 43.3 Å². The zero-order valence-corrected chi connectivity index (χ0v) is 16.9. The summed E-state index contributed by atoms with van der Waals surface area (Å²) in [4.78, 5) is 0.736. The summed E-state index contributed by atoms with van der Waals surface area (Å²) in [6.07, 6.45) is -4.31. The molecule has 0 spiro atoms. The van der Waals surface area contributed by atoms with E-state index < -0.39 is 11.1 Å². The van der Waals surface area contributed by atoms with Gasteiger partial charge < -0.3 is 0 Å². The van der Waals surface area contributed by atoms with Crippen LogP contribution in [0.5, 0.6) is 0 Å². The molecule has 0 amide bonds. The second-order valence-corrected chi connectivity index (χ2v) is 9.71. The average Bonchev–Trinajstić information content (AvgIpc) is 3.29. The van der Waals surface area contributed by atoms with Crippen molar-refractivity contribution in [2.45, 2.75) is 13.1 Å². The first-order valence-corrected chi connectivity index (χ1v) is 10.8. The second kappa shape index (κ2) is 5.71. The number of halogens is 3. The highest BCUT2D eigenvalue weighted by Crippen LogP contribution is 2.43. The maximum absolute atomic E-state index is 13.2. The van der Waals surface area contributed by atoms with Crippen molar-refractivity contribution in [3.63, 3.8) is 0 Å². The van der Waals surface area contributed by atoms with Gasteiger partial charge in [-0.1, -0.05) is 36.4 Å². The SMILES string of the molecule is Cc1cc2c(ccc3c2ccc2c4ccc5sc(C(F)(F)F)cc5c4ccc32)s1. The van der Waals surface area contributed by atoms with Crippen LogP contribution < -0.4 is 0 Å². The first kappa shape index (κ1) is 17.2. The van der Waals surface area contributed by atoms with E-state index in [4.69, 9.17) is 0 Å². The Hall–Kier alpha value is -2.63. The van der Waals surface area contributed by atoms with Crippen LogP contribution in [0.2, 0.25) is 0 Å². The van der Waals surface area contributed by atoms with Crippen molar-refractivity contribution in [2.75, 3.05) is 0 Å². The molecule has 6 rings (SSSR count). The Labute approximate surface area is 171 Å². The minimum absolute atomic E-state index is 0.547. The van der Waals surface area contributed by atoms with Gasteiger partial charge >= 0.3 is 6.18 Å². The molecule has 0 fully saturated rings. The normalized spacial score (nSPS) is 12.8. The van der Waals surface area contributed by atoms with Crippen LogP contribution in [0, 0.1) is 6.92 Å². The van der Waals surface area contributed by atoms with Gasteiger partial charge in [0.2, 0.25) is 0 Å². The van der Waals surface area contributed by atoms with E-state index in [1.54, 1.807) is 11.3 Å². The van der Waals surface area contributed by atoms with Crippen LogP contribution in [0.3, 0.4) is 0 Å². The molecule has 0 aliphatic carbocycles. The highest BCUT2D eigenvalue weighted by Gasteiger charge is 2.33. The average molecular weight is 422 g/mol. The predicted molar refractivity (Wildman–Crippen MR) is 119 cm³/mol. The number of fused-ring (bicyclic) bond motifs is 9. The minimum Gasteiger partial charge on any atom is -0.165 e. The van der Waals surface area contributed by atoms with Crippen LogP contribution in [0.15, 0.2) is 60.7 Å². The highest BCUT2D eigenvalue weighted by atomic mass is 32.1. The zero-order valence-electron chi connectivity index (χ0n) is 15.2. The molecule has 0 aliphatic heterocycles. The van der Waals surface area contributed by atoms with Crippen molar-refractivity contribution >= 4 is 75.2 Å². The Kier molecular flexibility index (Phi) is 3.40. The van der Waals surface area contributed by atoms with Crippen molar-refractivity contribution in [2.24, 2.45) is 0 Å². The van der Waals surface area contributed by atoms with Gasteiger partial charge in [-0.3, -0.25) is 0 Å². The molecule has 0 bridgehead atoms. The molecule has 0 saturated heterocycles. The Morgan fingerprint density at radius 3 is 1.48 bits per heavy atom. The van der Waals surface area contributed by atoms with Crippen molar-refractivity contribution in [3.8, 4) is 0 Å². The van der Waals surface area contributed by atoms with Gasteiger partial charge in [-0.05, 0) is 63.5 Å². The number of rotatable bonds is 0. The van der Waals surface area contributed by atoms with Gasteiger partial charge in [-0.25, -0.2) is 0 Å². The highest BCUT2D eigenvalue weighted by molar-refractivity contribution is 7.19. The molecule has 0 aliphatic rings. The minimum atomic E-state index is -4.31. The smallest absolute Gasteiger partial charge is 0.165 e. The summed E-state index contributed by atoms with van der Waals surface area (Å²) in [7, 11) is 0. The molecular weight excluding hydrogens is 409 g/mol. The van der Waals surface area contributed by atoms with E-state index in [0.29, 0.717) is 10.1 Å². The van der Waals surface area contributed by atoms with Gasteiger partial charge in [-0.15, -0.1) is 22.7 Å². The van der Waals surface area contributed by atoms with Gasteiger partial charge in [0.15, 0.2) is 0 Å². The Morgan fingerprint density at radius 2 is 0.966 bits per heavy atom. The van der Waals surface area contributed by atoms with Crippen molar-refractivity contribution in [1.29, 1.82) is 0 Å².